The minimum atomic E-state index is -1.10. The molecule has 12 heavy (non-hydrogen) atoms. The minimum Gasteiger partial charge on any atom is -0.376 e. The van der Waals surface area contributed by atoms with E-state index in [-0.39, 0.29) is 0 Å². The first-order valence-corrected chi connectivity index (χ1v) is 4.81. The minimum absolute atomic E-state index is 0.490. The molecule has 0 heterocycles. The topological polar surface area (TPSA) is 46.2 Å². The van der Waals surface area contributed by atoms with E-state index in [2.05, 4.69) is 22.6 Å². The lowest BCUT2D eigenvalue weighted by atomic mass is 10.1. The van der Waals surface area contributed by atoms with Gasteiger partial charge >= 0.3 is 0 Å². The van der Waals surface area contributed by atoms with E-state index in [1.807, 2.05) is 24.3 Å². The molecule has 0 saturated carbocycles. The van der Waals surface area contributed by atoms with Crippen molar-refractivity contribution in [2.24, 2.45) is 5.73 Å². The van der Waals surface area contributed by atoms with Gasteiger partial charge in [-0.05, 0) is 47.2 Å². The summed E-state index contributed by atoms with van der Waals surface area (Å²) in [6.45, 7) is 1.60. The van der Waals surface area contributed by atoms with Crippen molar-refractivity contribution in [2.45, 2.75) is 19.1 Å². The Balaban J connectivity index is 2.71. The molecule has 0 fully saturated rings. The molecule has 1 atom stereocenters. The summed E-state index contributed by atoms with van der Waals surface area (Å²) < 4.78 is 1.19. The molecule has 0 amide bonds. The maximum Gasteiger partial charge on any atom is 0.114 e. The van der Waals surface area contributed by atoms with Gasteiger partial charge in [0, 0.05) is 9.99 Å². The summed E-state index contributed by atoms with van der Waals surface area (Å²) in [7, 11) is 0. The van der Waals surface area contributed by atoms with Crippen LogP contribution >= 0.6 is 22.6 Å². The molecule has 0 spiro atoms. The lowest BCUT2D eigenvalue weighted by Gasteiger charge is -2.16. The van der Waals surface area contributed by atoms with Crippen LogP contribution in [-0.2, 0) is 6.42 Å². The van der Waals surface area contributed by atoms with Crippen LogP contribution in [0.15, 0.2) is 24.3 Å². The Bertz CT molecular complexity index is 250. The Morgan fingerprint density at radius 2 is 1.92 bits per heavy atom. The predicted octanol–water partition coefficient (Wildman–Crippen LogP) is 1.50. The van der Waals surface area contributed by atoms with Gasteiger partial charge in [-0.25, -0.2) is 0 Å². The molecular formula is C9H12INO. The van der Waals surface area contributed by atoms with Gasteiger partial charge in [-0.15, -0.1) is 0 Å². The molecule has 0 saturated heterocycles. The van der Waals surface area contributed by atoms with E-state index in [9.17, 15) is 5.11 Å². The van der Waals surface area contributed by atoms with Crippen LogP contribution in [0.5, 0.6) is 0 Å². The van der Waals surface area contributed by atoms with Crippen LogP contribution in [0.2, 0.25) is 0 Å². The van der Waals surface area contributed by atoms with E-state index in [0.717, 1.165) is 5.56 Å². The van der Waals surface area contributed by atoms with Gasteiger partial charge in [0.2, 0.25) is 0 Å². The molecule has 66 valence electrons. The van der Waals surface area contributed by atoms with E-state index >= 15 is 0 Å². The molecule has 0 aromatic heterocycles. The van der Waals surface area contributed by atoms with Crippen molar-refractivity contribution in [3.63, 3.8) is 0 Å². The van der Waals surface area contributed by atoms with Gasteiger partial charge in [0.1, 0.15) is 5.72 Å². The molecule has 1 rings (SSSR count). The predicted molar refractivity (Wildman–Crippen MR) is 57.7 cm³/mol. The van der Waals surface area contributed by atoms with Gasteiger partial charge in [-0.2, -0.15) is 0 Å². The van der Waals surface area contributed by atoms with E-state index in [1.165, 1.54) is 3.57 Å². The Morgan fingerprint density at radius 3 is 2.33 bits per heavy atom. The zero-order valence-corrected chi connectivity index (χ0v) is 9.08. The number of rotatable bonds is 2. The number of hydrogen-bond acceptors (Lipinski definition) is 2. The fourth-order valence-corrected chi connectivity index (χ4v) is 1.38. The first-order valence-electron chi connectivity index (χ1n) is 3.73. The highest BCUT2D eigenvalue weighted by atomic mass is 127. The Morgan fingerprint density at radius 1 is 1.42 bits per heavy atom. The monoisotopic (exact) mass is 277 g/mol. The molecule has 0 aliphatic carbocycles. The van der Waals surface area contributed by atoms with Crippen molar-refractivity contribution in [1.82, 2.24) is 0 Å². The first-order chi connectivity index (χ1) is 5.47. The van der Waals surface area contributed by atoms with E-state index in [4.69, 9.17) is 5.73 Å². The molecule has 1 aromatic carbocycles. The number of nitrogens with two attached hydrogens (primary N) is 1. The van der Waals surface area contributed by atoms with Crippen LogP contribution in [0.1, 0.15) is 12.5 Å². The Labute approximate surface area is 85.9 Å². The zero-order chi connectivity index (χ0) is 9.19. The van der Waals surface area contributed by atoms with E-state index in [0.29, 0.717) is 6.42 Å². The van der Waals surface area contributed by atoms with E-state index in [1.54, 1.807) is 6.92 Å². The maximum atomic E-state index is 9.32. The third-order valence-corrected chi connectivity index (χ3v) is 2.19. The Hall–Kier alpha value is -0.130. The normalized spacial score (nSPS) is 15.7. The van der Waals surface area contributed by atoms with Crippen molar-refractivity contribution < 1.29 is 5.11 Å². The lowest BCUT2D eigenvalue weighted by molar-refractivity contribution is 0.0677. The van der Waals surface area contributed by atoms with E-state index < -0.39 is 5.72 Å². The smallest absolute Gasteiger partial charge is 0.114 e. The van der Waals surface area contributed by atoms with Crippen molar-refractivity contribution in [3.05, 3.63) is 33.4 Å². The summed E-state index contributed by atoms with van der Waals surface area (Å²) in [5, 5.41) is 9.32. The van der Waals surface area contributed by atoms with Crippen LogP contribution in [0, 0.1) is 3.57 Å². The zero-order valence-electron chi connectivity index (χ0n) is 6.92. The molecule has 0 radical (unpaired) electrons. The highest BCUT2D eigenvalue weighted by Gasteiger charge is 2.13. The van der Waals surface area contributed by atoms with Crippen molar-refractivity contribution >= 4 is 22.6 Å². The van der Waals surface area contributed by atoms with Gasteiger partial charge < -0.3 is 10.8 Å². The largest absolute Gasteiger partial charge is 0.376 e. The van der Waals surface area contributed by atoms with Crippen molar-refractivity contribution in [3.8, 4) is 0 Å². The molecule has 0 aliphatic heterocycles. The molecule has 0 aliphatic rings. The molecule has 3 heteroatoms. The fourth-order valence-electron chi connectivity index (χ4n) is 1.02. The second kappa shape index (κ2) is 3.72. The second-order valence-corrected chi connectivity index (χ2v) is 4.41. The lowest BCUT2D eigenvalue weighted by Crippen LogP contribution is -2.37. The highest BCUT2D eigenvalue weighted by Crippen LogP contribution is 2.10. The summed E-state index contributed by atoms with van der Waals surface area (Å²) in [5.41, 5.74) is 5.41. The summed E-state index contributed by atoms with van der Waals surface area (Å²) in [4.78, 5) is 0. The summed E-state index contributed by atoms with van der Waals surface area (Å²) in [5.74, 6) is 0. The summed E-state index contributed by atoms with van der Waals surface area (Å²) in [6, 6.07) is 7.95. The van der Waals surface area contributed by atoms with Crippen LogP contribution in [0.4, 0.5) is 0 Å². The first kappa shape index (κ1) is 9.95. The third kappa shape index (κ3) is 3.51. The average Bonchev–Trinajstić information content (AvgIpc) is 1.91. The number of benzene rings is 1. The molecule has 1 aromatic rings. The second-order valence-electron chi connectivity index (χ2n) is 3.16. The quantitative estimate of drug-likeness (QED) is 0.635. The summed E-state index contributed by atoms with van der Waals surface area (Å²) in [6.07, 6.45) is 0.490. The van der Waals surface area contributed by atoms with Gasteiger partial charge in [0.15, 0.2) is 0 Å². The SMILES string of the molecule is C[C@](N)(O)Cc1ccc(I)cc1. The van der Waals surface area contributed by atoms with Crippen LogP contribution in [-0.4, -0.2) is 10.8 Å². The van der Waals surface area contributed by atoms with Gasteiger partial charge in [-0.1, -0.05) is 12.1 Å². The third-order valence-electron chi connectivity index (χ3n) is 1.48. The molecule has 0 bridgehead atoms. The summed E-state index contributed by atoms with van der Waals surface area (Å²) >= 11 is 2.24. The number of hydrogen-bond donors (Lipinski definition) is 2. The van der Waals surface area contributed by atoms with Gasteiger partial charge in [-0.3, -0.25) is 0 Å². The van der Waals surface area contributed by atoms with Crippen molar-refractivity contribution in [1.29, 1.82) is 0 Å². The maximum absolute atomic E-state index is 9.32. The molecular weight excluding hydrogens is 265 g/mol. The average molecular weight is 277 g/mol. The standard InChI is InChI=1S/C9H12INO/c1-9(11,12)6-7-2-4-8(10)5-3-7/h2-5,12H,6,11H2,1H3/t9-/m0/s1. The number of aliphatic hydroxyl groups is 1. The Kier molecular flexibility index (Phi) is 3.09. The number of halogens is 1. The molecule has 3 N–H and O–H groups in total. The molecule has 0 unspecified atom stereocenters. The van der Waals surface area contributed by atoms with Gasteiger partial charge in [0.25, 0.3) is 0 Å². The fraction of sp³-hybridized carbons (Fsp3) is 0.333. The van der Waals surface area contributed by atoms with Crippen molar-refractivity contribution in [2.75, 3.05) is 0 Å². The van der Waals surface area contributed by atoms with Crippen LogP contribution < -0.4 is 5.73 Å². The molecule has 2 nitrogen and oxygen atoms in total. The van der Waals surface area contributed by atoms with Crippen LogP contribution in [0.3, 0.4) is 0 Å². The highest BCUT2D eigenvalue weighted by molar-refractivity contribution is 14.1. The van der Waals surface area contributed by atoms with Gasteiger partial charge in [0.05, 0.1) is 0 Å². The van der Waals surface area contributed by atoms with Crippen LogP contribution in [0.25, 0.3) is 0 Å².